The predicted molar refractivity (Wildman–Crippen MR) is 71.7 cm³/mol. The third kappa shape index (κ3) is 2.93. The quantitative estimate of drug-likeness (QED) is 0.851. The number of hydrogen-bond donors (Lipinski definition) is 0. The van der Waals surface area contributed by atoms with Crippen molar-refractivity contribution in [3.63, 3.8) is 0 Å². The number of nitrogens with zero attached hydrogens (tertiary/aromatic N) is 1. The number of aromatic nitrogens is 1. The van der Waals surface area contributed by atoms with Crippen LogP contribution in [0.4, 0.5) is 0 Å². The first-order valence-electron chi connectivity index (χ1n) is 4.71. The molecule has 16 heavy (non-hydrogen) atoms. The van der Waals surface area contributed by atoms with Crippen molar-refractivity contribution in [1.82, 2.24) is 4.98 Å². The Bertz CT molecular complexity index is 490. The third-order valence-corrected chi connectivity index (χ3v) is 3.49. The molecule has 0 unspecified atom stereocenters. The van der Waals surface area contributed by atoms with Gasteiger partial charge in [0, 0.05) is 11.1 Å². The zero-order chi connectivity index (χ0) is 11.4. The highest BCUT2D eigenvalue weighted by Gasteiger charge is 1.94. The van der Waals surface area contributed by atoms with Gasteiger partial charge in [0.05, 0.1) is 7.11 Å². The van der Waals surface area contributed by atoms with Gasteiger partial charge in [0.1, 0.15) is 5.75 Å². The summed E-state index contributed by atoms with van der Waals surface area (Å²) >= 11 is 4.94. The lowest BCUT2D eigenvalue weighted by atomic mass is 10.2. The Kier molecular flexibility index (Phi) is 3.74. The van der Waals surface area contributed by atoms with E-state index in [1.807, 2.05) is 36.5 Å². The van der Waals surface area contributed by atoms with Crippen molar-refractivity contribution >= 4 is 39.4 Å². The van der Waals surface area contributed by atoms with Gasteiger partial charge >= 0.3 is 0 Å². The number of hydrogen-bond acceptors (Lipinski definition) is 3. The molecule has 0 fully saturated rings. The third-order valence-electron chi connectivity index (χ3n) is 2.05. The molecule has 0 aliphatic rings. The summed E-state index contributed by atoms with van der Waals surface area (Å²) in [5.74, 6) is 0.873. The summed E-state index contributed by atoms with van der Waals surface area (Å²) in [4.78, 5) is 5.25. The fraction of sp³-hybridized carbons (Fsp3) is 0.0833. The molecular formula is C12H10BrNOS. The minimum atomic E-state index is 0.873. The highest BCUT2D eigenvalue weighted by molar-refractivity contribution is 9.11. The van der Waals surface area contributed by atoms with Crippen molar-refractivity contribution in [2.24, 2.45) is 0 Å². The molecular weight excluding hydrogens is 286 g/mol. The second-order valence-corrected chi connectivity index (χ2v) is 5.46. The number of rotatable bonds is 3. The van der Waals surface area contributed by atoms with Crippen molar-refractivity contribution in [3.8, 4) is 5.75 Å². The highest BCUT2D eigenvalue weighted by atomic mass is 79.9. The fourth-order valence-electron chi connectivity index (χ4n) is 1.23. The zero-order valence-electron chi connectivity index (χ0n) is 8.68. The van der Waals surface area contributed by atoms with Crippen LogP contribution in [-0.2, 0) is 0 Å². The number of thiazole rings is 1. The Balaban J connectivity index is 2.11. The predicted octanol–water partition coefficient (Wildman–Crippen LogP) is 4.08. The van der Waals surface area contributed by atoms with Crippen LogP contribution >= 0.6 is 27.3 Å². The Labute approximate surface area is 107 Å². The van der Waals surface area contributed by atoms with Gasteiger partial charge in [-0.2, -0.15) is 0 Å². The van der Waals surface area contributed by atoms with Crippen molar-refractivity contribution < 1.29 is 4.74 Å². The van der Waals surface area contributed by atoms with E-state index in [1.54, 1.807) is 18.4 Å². The maximum absolute atomic E-state index is 5.10. The van der Waals surface area contributed by atoms with E-state index in [9.17, 15) is 0 Å². The Morgan fingerprint density at radius 3 is 2.56 bits per heavy atom. The molecule has 2 nitrogen and oxygen atoms in total. The lowest BCUT2D eigenvalue weighted by Gasteiger charge is -1.98. The summed E-state index contributed by atoms with van der Waals surface area (Å²) < 4.78 is 6.00. The largest absolute Gasteiger partial charge is 0.497 e. The van der Waals surface area contributed by atoms with Crippen molar-refractivity contribution in [1.29, 1.82) is 0 Å². The van der Waals surface area contributed by atoms with Crippen molar-refractivity contribution in [2.75, 3.05) is 7.11 Å². The van der Waals surface area contributed by atoms with Crippen LogP contribution in [0.25, 0.3) is 12.2 Å². The van der Waals surface area contributed by atoms with Gasteiger partial charge < -0.3 is 4.74 Å². The molecule has 1 aromatic carbocycles. The molecule has 82 valence electrons. The van der Waals surface area contributed by atoms with Gasteiger partial charge in [0.25, 0.3) is 0 Å². The molecule has 0 atom stereocenters. The van der Waals surface area contributed by atoms with Crippen LogP contribution in [0.3, 0.4) is 0 Å². The molecule has 0 spiro atoms. The molecule has 0 amide bonds. The SMILES string of the molecule is COc1ccc(/C=C/c2cnc(Br)s2)cc1. The molecule has 0 saturated carbocycles. The normalized spacial score (nSPS) is 10.9. The Morgan fingerprint density at radius 2 is 2.00 bits per heavy atom. The molecule has 2 rings (SSSR count). The van der Waals surface area contributed by atoms with Gasteiger partial charge in [-0.15, -0.1) is 11.3 Å². The summed E-state index contributed by atoms with van der Waals surface area (Å²) in [5.41, 5.74) is 1.14. The molecule has 0 aliphatic heterocycles. The van der Waals surface area contributed by atoms with E-state index in [2.05, 4.69) is 27.0 Å². The monoisotopic (exact) mass is 295 g/mol. The smallest absolute Gasteiger partial charge is 0.159 e. The molecule has 2 aromatic rings. The highest BCUT2D eigenvalue weighted by Crippen LogP contribution is 2.21. The van der Waals surface area contributed by atoms with E-state index in [0.29, 0.717) is 0 Å². The number of halogens is 1. The van der Waals surface area contributed by atoms with Crippen LogP contribution in [0.2, 0.25) is 0 Å². The van der Waals surface area contributed by atoms with E-state index < -0.39 is 0 Å². The molecule has 0 bridgehead atoms. The van der Waals surface area contributed by atoms with Gasteiger partial charge in [-0.05, 0) is 39.7 Å². The van der Waals surface area contributed by atoms with Gasteiger partial charge in [0.15, 0.2) is 3.92 Å². The molecule has 1 aromatic heterocycles. The average molecular weight is 296 g/mol. The molecule has 0 aliphatic carbocycles. The first-order valence-corrected chi connectivity index (χ1v) is 6.32. The van der Waals surface area contributed by atoms with E-state index in [4.69, 9.17) is 4.74 Å². The first-order chi connectivity index (χ1) is 7.78. The lowest BCUT2D eigenvalue weighted by Crippen LogP contribution is -1.81. The summed E-state index contributed by atoms with van der Waals surface area (Å²) in [6, 6.07) is 7.93. The van der Waals surface area contributed by atoms with Crippen LogP contribution in [0.15, 0.2) is 34.4 Å². The number of ether oxygens (including phenoxy) is 1. The molecule has 1 heterocycles. The second kappa shape index (κ2) is 5.27. The summed E-state index contributed by atoms with van der Waals surface area (Å²) in [6.45, 7) is 0. The van der Waals surface area contributed by atoms with E-state index in [-0.39, 0.29) is 0 Å². The van der Waals surface area contributed by atoms with E-state index >= 15 is 0 Å². The summed E-state index contributed by atoms with van der Waals surface area (Å²) in [5, 5.41) is 0. The standard InChI is InChI=1S/C12H10BrNOS/c1-15-10-5-2-9(3-6-10)4-7-11-8-14-12(13)16-11/h2-8H,1H3/b7-4+. The fourth-order valence-corrected chi connectivity index (χ4v) is 2.44. The molecule has 4 heteroatoms. The Morgan fingerprint density at radius 1 is 1.25 bits per heavy atom. The topological polar surface area (TPSA) is 22.1 Å². The van der Waals surface area contributed by atoms with E-state index in [0.717, 1.165) is 20.1 Å². The van der Waals surface area contributed by atoms with Crippen LogP contribution in [0.1, 0.15) is 10.4 Å². The first kappa shape index (κ1) is 11.4. The minimum Gasteiger partial charge on any atom is -0.497 e. The van der Waals surface area contributed by atoms with Crippen molar-refractivity contribution in [2.45, 2.75) is 0 Å². The van der Waals surface area contributed by atoms with Crippen LogP contribution in [-0.4, -0.2) is 12.1 Å². The van der Waals surface area contributed by atoms with Gasteiger partial charge in [-0.3, -0.25) is 0 Å². The molecule has 0 saturated heterocycles. The Hall–Kier alpha value is -1.13. The van der Waals surface area contributed by atoms with E-state index in [1.165, 1.54) is 0 Å². The second-order valence-electron chi connectivity index (χ2n) is 3.12. The number of benzene rings is 1. The van der Waals surface area contributed by atoms with Crippen LogP contribution in [0.5, 0.6) is 5.75 Å². The molecule has 0 radical (unpaired) electrons. The maximum Gasteiger partial charge on any atom is 0.159 e. The average Bonchev–Trinajstić information content (AvgIpc) is 2.73. The summed E-state index contributed by atoms with van der Waals surface area (Å²) in [7, 11) is 1.67. The van der Waals surface area contributed by atoms with Gasteiger partial charge in [-0.25, -0.2) is 4.98 Å². The lowest BCUT2D eigenvalue weighted by molar-refractivity contribution is 0.415. The summed E-state index contributed by atoms with van der Waals surface area (Å²) in [6.07, 6.45) is 5.94. The maximum atomic E-state index is 5.10. The van der Waals surface area contributed by atoms with Crippen molar-refractivity contribution in [3.05, 3.63) is 44.8 Å². The minimum absolute atomic E-state index is 0.873. The van der Waals surface area contributed by atoms with Gasteiger partial charge in [-0.1, -0.05) is 18.2 Å². The number of methoxy groups -OCH3 is 1. The van der Waals surface area contributed by atoms with Crippen LogP contribution in [0, 0.1) is 0 Å². The zero-order valence-corrected chi connectivity index (χ0v) is 11.1. The van der Waals surface area contributed by atoms with Crippen LogP contribution < -0.4 is 4.74 Å². The van der Waals surface area contributed by atoms with Gasteiger partial charge in [0.2, 0.25) is 0 Å². The molecule has 0 N–H and O–H groups in total.